The predicted molar refractivity (Wildman–Crippen MR) is 79.4 cm³/mol. The van der Waals surface area contributed by atoms with Crippen LogP contribution in [0.2, 0.25) is 0 Å². The molecule has 0 aromatic heterocycles. The van der Waals surface area contributed by atoms with E-state index in [0.29, 0.717) is 19.0 Å². The number of nitrogens with zero attached hydrogens (tertiary/aromatic N) is 1. The van der Waals surface area contributed by atoms with Crippen molar-refractivity contribution in [3.05, 3.63) is 35.9 Å². The van der Waals surface area contributed by atoms with Crippen molar-refractivity contribution in [1.29, 1.82) is 0 Å². The van der Waals surface area contributed by atoms with Crippen LogP contribution in [0.1, 0.15) is 18.4 Å². The van der Waals surface area contributed by atoms with E-state index in [1.165, 1.54) is 5.56 Å². The van der Waals surface area contributed by atoms with Gasteiger partial charge in [0.15, 0.2) is 0 Å². The van der Waals surface area contributed by atoms with E-state index in [4.69, 9.17) is 5.11 Å². The monoisotopic (exact) mass is 276 g/mol. The van der Waals surface area contributed by atoms with E-state index in [1.54, 1.807) is 0 Å². The summed E-state index contributed by atoms with van der Waals surface area (Å²) in [6.07, 6.45) is 2.82. The number of aliphatic hydroxyl groups excluding tert-OH is 1. The molecule has 2 rings (SSSR count). The summed E-state index contributed by atoms with van der Waals surface area (Å²) in [6.45, 7) is 3.33. The lowest BCUT2D eigenvalue weighted by Crippen LogP contribution is -2.37. The van der Waals surface area contributed by atoms with Gasteiger partial charge in [-0.25, -0.2) is 0 Å². The Labute approximate surface area is 120 Å². The smallest absolute Gasteiger partial charge is 0.234 e. The molecule has 1 saturated heterocycles. The van der Waals surface area contributed by atoms with Gasteiger partial charge >= 0.3 is 0 Å². The van der Waals surface area contributed by atoms with Crippen molar-refractivity contribution in [2.24, 2.45) is 5.92 Å². The van der Waals surface area contributed by atoms with Crippen LogP contribution in [0.4, 0.5) is 0 Å². The standard InChI is InChI=1S/C16H24N2O2/c19-11-8-15-7-10-18(12-15)13-16(20)17-9-6-14-4-2-1-3-5-14/h1-5,15,19H,6-13H2,(H,17,20). The molecule has 2 N–H and O–H groups in total. The van der Waals surface area contributed by atoms with Gasteiger partial charge in [0.1, 0.15) is 0 Å². The quantitative estimate of drug-likeness (QED) is 0.782. The van der Waals surface area contributed by atoms with E-state index < -0.39 is 0 Å². The summed E-state index contributed by atoms with van der Waals surface area (Å²) >= 11 is 0. The minimum atomic E-state index is 0.102. The summed E-state index contributed by atoms with van der Waals surface area (Å²) < 4.78 is 0. The van der Waals surface area contributed by atoms with Crippen LogP contribution in [0.5, 0.6) is 0 Å². The molecule has 1 unspecified atom stereocenters. The highest BCUT2D eigenvalue weighted by atomic mass is 16.3. The molecule has 0 aliphatic carbocycles. The van der Waals surface area contributed by atoms with Crippen molar-refractivity contribution in [3.63, 3.8) is 0 Å². The maximum Gasteiger partial charge on any atom is 0.234 e. The third kappa shape index (κ3) is 4.94. The first-order chi connectivity index (χ1) is 9.78. The molecule has 4 heteroatoms. The SMILES string of the molecule is O=C(CN1CCC(CCO)C1)NCCc1ccccc1. The molecule has 0 bridgehead atoms. The molecule has 1 fully saturated rings. The summed E-state index contributed by atoms with van der Waals surface area (Å²) in [4.78, 5) is 14.0. The number of rotatable bonds is 7. The van der Waals surface area contributed by atoms with Gasteiger partial charge in [-0.1, -0.05) is 30.3 Å². The van der Waals surface area contributed by atoms with E-state index in [2.05, 4.69) is 22.3 Å². The summed E-state index contributed by atoms with van der Waals surface area (Å²) in [6, 6.07) is 10.2. The Morgan fingerprint density at radius 1 is 1.35 bits per heavy atom. The molecule has 1 amide bonds. The summed E-state index contributed by atoms with van der Waals surface area (Å²) in [5, 5.41) is 11.9. The minimum Gasteiger partial charge on any atom is -0.396 e. The van der Waals surface area contributed by atoms with Gasteiger partial charge < -0.3 is 10.4 Å². The Kier molecular flexibility index (Phi) is 6.02. The summed E-state index contributed by atoms with van der Waals surface area (Å²) in [5.74, 6) is 0.655. The van der Waals surface area contributed by atoms with Crippen molar-refractivity contribution >= 4 is 5.91 Å². The second kappa shape index (κ2) is 8.02. The van der Waals surface area contributed by atoms with Crippen molar-refractivity contribution in [3.8, 4) is 0 Å². The fraction of sp³-hybridized carbons (Fsp3) is 0.562. The van der Waals surface area contributed by atoms with Crippen molar-refractivity contribution in [2.75, 3.05) is 32.8 Å². The number of nitrogens with one attached hydrogen (secondary N) is 1. The van der Waals surface area contributed by atoms with Crippen LogP contribution in [0.15, 0.2) is 30.3 Å². The Morgan fingerprint density at radius 2 is 2.15 bits per heavy atom. The first-order valence-electron chi connectivity index (χ1n) is 7.42. The van der Waals surface area contributed by atoms with Gasteiger partial charge in [-0.15, -0.1) is 0 Å². The van der Waals surface area contributed by atoms with E-state index >= 15 is 0 Å². The molecule has 1 atom stereocenters. The van der Waals surface area contributed by atoms with Crippen LogP contribution in [0, 0.1) is 5.92 Å². The van der Waals surface area contributed by atoms with Crippen LogP contribution in [-0.2, 0) is 11.2 Å². The average Bonchev–Trinajstić information content (AvgIpc) is 2.88. The first kappa shape index (κ1) is 15.0. The molecular formula is C16H24N2O2. The highest BCUT2D eigenvalue weighted by molar-refractivity contribution is 5.78. The molecule has 1 aromatic carbocycles. The maximum atomic E-state index is 11.9. The van der Waals surface area contributed by atoms with Crippen molar-refractivity contribution in [1.82, 2.24) is 10.2 Å². The van der Waals surface area contributed by atoms with E-state index in [0.717, 1.165) is 32.4 Å². The van der Waals surface area contributed by atoms with Gasteiger partial charge in [-0.3, -0.25) is 9.69 Å². The van der Waals surface area contributed by atoms with Crippen molar-refractivity contribution < 1.29 is 9.90 Å². The van der Waals surface area contributed by atoms with Crippen LogP contribution in [0.3, 0.4) is 0 Å². The number of hydrogen-bond acceptors (Lipinski definition) is 3. The normalized spacial score (nSPS) is 19.1. The molecule has 1 aliphatic heterocycles. The number of carbonyl (C=O) groups is 1. The topological polar surface area (TPSA) is 52.6 Å². The highest BCUT2D eigenvalue weighted by Gasteiger charge is 2.23. The van der Waals surface area contributed by atoms with Gasteiger partial charge in [0.05, 0.1) is 6.54 Å². The van der Waals surface area contributed by atoms with E-state index in [-0.39, 0.29) is 12.5 Å². The lowest BCUT2D eigenvalue weighted by molar-refractivity contribution is -0.122. The van der Waals surface area contributed by atoms with Gasteiger partial charge in [0.25, 0.3) is 0 Å². The summed E-state index contributed by atoms with van der Waals surface area (Å²) in [7, 11) is 0. The Balaban J connectivity index is 1.61. The van der Waals surface area contributed by atoms with E-state index in [9.17, 15) is 4.79 Å². The molecule has 0 radical (unpaired) electrons. The fourth-order valence-electron chi connectivity index (χ4n) is 2.72. The third-order valence-corrected chi connectivity index (χ3v) is 3.85. The Hall–Kier alpha value is -1.39. The predicted octanol–water partition coefficient (Wildman–Crippen LogP) is 1.05. The largest absolute Gasteiger partial charge is 0.396 e. The number of aliphatic hydroxyl groups is 1. The van der Waals surface area contributed by atoms with E-state index in [1.807, 2.05) is 18.2 Å². The molecule has 110 valence electrons. The van der Waals surface area contributed by atoms with Crippen LogP contribution >= 0.6 is 0 Å². The first-order valence-corrected chi connectivity index (χ1v) is 7.42. The zero-order valence-corrected chi connectivity index (χ0v) is 11.9. The van der Waals surface area contributed by atoms with Gasteiger partial charge in [0.2, 0.25) is 5.91 Å². The second-order valence-corrected chi connectivity index (χ2v) is 5.49. The Bertz CT molecular complexity index is 408. The number of benzene rings is 1. The molecule has 1 aliphatic rings. The van der Waals surface area contributed by atoms with Gasteiger partial charge in [0, 0.05) is 19.7 Å². The average molecular weight is 276 g/mol. The highest BCUT2D eigenvalue weighted by Crippen LogP contribution is 2.18. The lowest BCUT2D eigenvalue weighted by Gasteiger charge is -2.15. The maximum absolute atomic E-state index is 11.9. The van der Waals surface area contributed by atoms with Gasteiger partial charge in [-0.2, -0.15) is 0 Å². The molecule has 0 spiro atoms. The van der Waals surface area contributed by atoms with Crippen molar-refractivity contribution in [2.45, 2.75) is 19.3 Å². The minimum absolute atomic E-state index is 0.102. The molecular weight excluding hydrogens is 252 g/mol. The van der Waals surface area contributed by atoms with Crippen LogP contribution in [0.25, 0.3) is 0 Å². The number of likely N-dealkylation sites (tertiary alicyclic amines) is 1. The number of hydrogen-bond donors (Lipinski definition) is 2. The van der Waals surface area contributed by atoms with Crippen LogP contribution in [-0.4, -0.2) is 48.7 Å². The fourth-order valence-corrected chi connectivity index (χ4v) is 2.72. The molecule has 1 heterocycles. The second-order valence-electron chi connectivity index (χ2n) is 5.49. The molecule has 20 heavy (non-hydrogen) atoms. The Morgan fingerprint density at radius 3 is 2.90 bits per heavy atom. The number of amides is 1. The third-order valence-electron chi connectivity index (χ3n) is 3.85. The van der Waals surface area contributed by atoms with Crippen LogP contribution < -0.4 is 5.32 Å². The summed E-state index contributed by atoms with van der Waals surface area (Å²) in [5.41, 5.74) is 1.25. The number of carbonyl (C=O) groups excluding carboxylic acids is 1. The lowest BCUT2D eigenvalue weighted by atomic mass is 10.1. The molecule has 4 nitrogen and oxygen atoms in total. The zero-order chi connectivity index (χ0) is 14.2. The molecule has 1 aromatic rings. The molecule has 0 saturated carbocycles. The van der Waals surface area contributed by atoms with Gasteiger partial charge in [-0.05, 0) is 37.3 Å². The zero-order valence-electron chi connectivity index (χ0n) is 11.9.